The maximum Gasteiger partial charge on any atom is 0.372 e. The summed E-state index contributed by atoms with van der Waals surface area (Å²) in [7, 11) is 0. The van der Waals surface area contributed by atoms with E-state index in [1.54, 1.807) is 24.3 Å². The number of nitrogens with two attached hydrogens (primary N) is 1. The minimum absolute atomic E-state index is 0.141. The van der Waals surface area contributed by atoms with Crippen LogP contribution in [0.4, 0.5) is 5.69 Å². The molecule has 1 aromatic carbocycles. The van der Waals surface area contributed by atoms with Crippen LogP contribution in [0.5, 0.6) is 0 Å². The Hall–Kier alpha value is -2.98. The highest BCUT2D eigenvalue weighted by Crippen LogP contribution is 2.36. The number of nitrogens with zero attached hydrogens (tertiary/aromatic N) is 2. The fourth-order valence-corrected chi connectivity index (χ4v) is 3.30. The molecular formula is C17H19N3O7. The summed E-state index contributed by atoms with van der Waals surface area (Å²) < 4.78 is 4.92. The van der Waals surface area contributed by atoms with Crippen molar-refractivity contribution in [1.29, 1.82) is 0 Å². The zero-order chi connectivity index (χ0) is 19.8. The fraction of sp³-hybridized carbons (Fsp3) is 0.412. The molecule has 3 N–H and O–H groups in total. The van der Waals surface area contributed by atoms with Crippen LogP contribution in [0.3, 0.4) is 0 Å². The number of rotatable bonds is 5. The van der Waals surface area contributed by atoms with Crippen molar-refractivity contribution in [3.8, 4) is 0 Å². The van der Waals surface area contributed by atoms with E-state index >= 15 is 0 Å². The number of benzene rings is 1. The van der Waals surface area contributed by atoms with Gasteiger partial charge in [0.1, 0.15) is 12.6 Å². The smallest absolute Gasteiger partial charge is 0.372 e. The minimum atomic E-state index is -2.22. The van der Waals surface area contributed by atoms with Crippen molar-refractivity contribution >= 4 is 29.4 Å². The molecule has 1 unspecified atom stereocenters. The highest BCUT2D eigenvalue weighted by Gasteiger charge is 2.60. The van der Waals surface area contributed by atoms with Crippen molar-refractivity contribution in [2.75, 3.05) is 11.5 Å². The van der Waals surface area contributed by atoms with Crippen LogP contribution in [0.2, 0.25) is 0 Å². The van der Waals surface area contributed by atoms with E-state index in [4.69, 9.17) is 15.3 Å². The first kappa shape index (κ1) is 18.8. The summed E-state index contributed by atoms with van der Waals surface area (Å²) in [6, 6.07) is 5.70. The Morgan fingerprint density at radius 2 is 2.07 bits per heavy atom. The summed E-state index contributed by atoms with van der Waals surface area (Å²) in [5, 5.41) is 10.1. The number of carboxylic acids is 1. The van der Waals surface area contributed by atoms with Crippen LogP contribution in [0, 0.1) is 0 Å². The molecule has 144 valence electrons. The van der Waals surface area contributed by atoms with Gasteiger partial charge in [0.05, 0.1) is 6.42 Å². The van der Waals surface area contributed by atoms with Crippen LogP contribution in [-0.2, 0) is 35.3 Å². The van der Waals surface area contributed by atoms with Crippen molar-refractivity contribution in [1.82, 2.24) is 5.06 Å². The van der Waals surface area contributed by atoms with Gasteiger partial charge in [-0.15, -0.1) is 0 Å². The Balaban J connectivity index is 1.96. The molecule has 1 aromatic rings. The van der Waals surface area contributed by atoms with Crippen molar-refractivity contribution in [3.63, 3.8) is 0 Å². The minimum Gasteiger partial charge on any atom is -0.477 e. The average molecular weight is 377 g/mol. The number of carbonyl (C=O) groups excluding carboxylic acids is 3. The Morgan fingerprint density at radius 3 is 2.63 bits per heavy atom. The molecular weight excluding hydrogens is 358 g/mol. The Labute approximate surface area is 154 Å². The molecule has 2 fully saturated rings. The zero-order valence-electron chi connectivity index (χ0n) is 14.6. The van der Waals surface area contributed by atoms with E-state index in [-0.39, 0.29) is 26.0 Å². The number of cyclic esters (lactones) is 1. The average Bonchev–Trinajstić information content (AvgIpc) is 3.20. The number of amides is 2. The number of ether oxygens (including phenoxy) is 1. The number of hydrogen-bond acceptors (Lipinski definition) is 7. The molecule has 0 aromatic heterocycles. The lowest BCUT2D eigenvalue weighted by atomic mass is 10.1. The van der Waals surface area contributed by atoms with Gasteiger partial charge < -0.3 is 15.6 Å². The highest BCUT2D eigenvalue weighted by atomic mass is 16.7. The summed E-state index contributed by atoms with van der Waals surface area (Å²) >= 11 is 0. The van der Waals surface area contributed by atoms with Crippen molar-refractivity contribution in [2.24, 2.45) is 5.73 Å². The topological polar surface area (TPSA) is 139 Å². The first-order chi connectivity index (χ1) is 12.8. The molecule has 2 atom stereocenters. The number of anilines is 1. The zero-order valence-corrected chi connectivity index (χ0v) is 14.6. The van der Waals surface area contributed by atoms with Gasteiger partial charge in [-0.2, -0.15) is 5.06 Å². The van der Waals surface area contributed by atoms with Crippen LogP contribution in [0.25, 0.3) is 0 Å². The Bertz CT molecular complexity index is 811. The van der Waals surface area contributed by atoms with Gasteiger partial charge in [-0.3, -0.25) is 24.1 Å². The molecule has 2 aliphatic rings. The third-order valence-electron chi connectivity index (χ3n) is 4.58. The van der Waals surface area contributed by atoms with Crippen LogP contribution >= 0.6 is 0 Å². The molecule has 0 aliphatic carbocycles. The first-order valence-electron chi connectivity index (χ1n) is 8.32. The van der Waals surface area contributed by atoms with Gasteiger partial charge in [-0.05, 0) is 11.6 Å². The lowest BCUT2D eigenvalue weighted by molar-refractivity contribution is -0.256. The summed E-state index contributed by atoms with van der Waals surface area (Å²) in [6.45, 7) is 1.15. The van der Waals surface area contributed by atoms with Crippen molar-refractivity contribution < 1.29 is 33.9 Å². The molecule has 3 rings (SSSR count). The molecule has 0 bridgehead atoms. The number of para-hydroxylation sites is 1. The van der Waals surface area contributed by atoms with Gasteiger partial charge in [0.25, 0.3) is 5.91 Å². The normalized spacial score (nSPS) is 24.8. The standard InChI is InChI=1S/C17H19N3O7/c1-10(21)19(12-5-3-2-4-11(12)8-18)13-9-26-20(15(13)23)17(16(24)25)7-6-14(22)27-17/h2-5,13H,6-9,18H2,1H3,(H,24,25)/t13-,17?/m0/s1. The molecule has 10 heteroatoms. The largest absolute Gasteiger partial charge is 0.477 e. The summed E-state index contributed by atoms with van der Waals surface area (Å²) in [5.74, 6) is -3.48. The van der Waals surface area contributed by atoms with Crippen LogP contribution in [-0.4, -0.2) is 52.3 Å². The lowest BCUT2D eigenvalue weighted by Gasteiger charge is -2.32. The van der Waals surface area contributed by atoms with E-state index in [9.17, 15) is 24.3 Å². The third-order valence-corrected chi connectivity index (χ3v) is 4.58. The number of carbonyl (C=O) groups is 4. The SMILES string of the molecule is CC(=O)N(c1ccccc1CN)[C@H]1CON(C2(C(=O)O)CCC(=O)O2)C1=O. The number of hydrogen-bond donors (Lipinski definition) is 2. The van der Waals surface area contributed by atoms with Crippen molar-refractivity contribution in [3.05, 3.63) is 29.8 Å². The molecule has 2 amide bonds. The second-order valence-electron chi connectivity index (χ2n) is 6.23. The molecule has 27 heavy (non-hydrogen) atoms. The lowest BCUT2D eigenvalue weighted by Crippen LogP contribution is -2.57. The van der Waals surface area contributed by atoms with Crippen LogP contribution < -0.4 is 10.6 Å². The summed E-state index contributed by atoms with van der Waals surface area (Å²) in [5.41, 5.74) is 4.57. The molecule has 0 saturated carbocycles. The van der Waals surface area contributed by atoms with Crippen LogP contribution in [0.15, 0.2) is 24.3 Å². The second-order valence-corrected chi connectivity index (χ2v) is 6.23. The summed E-state index contributed by atoms with van der Waals surface area (Å²) in [6.07, 6.45) is -0.393. The first-order valence-corrected chi connectivity index (χ1v) is 8.32. The third kappa shape index (κ3) is 3.02. The fourth-order valence-electron chi connectivity index (χ4n) is 3.30. The number of esters is 1. The van der Waals surface area contributed by atoms with E-state index in [1.807, 2.05) is 0 Å². The van der Waals surface area contributed by atoms with Gasteiger partial charge in [0.15, 0.2) is 0 Å². The number of carboxylic acid groups (broad SMARTS) is 1. The molecule has 0 spiro atoms. The quantitative estimate of drug-likeness (QED) is 0.670. The predicted molar refractivity (Wildman–Crippen MR) is 89.8 cm³/mol. The maximum absolute atomic E-state index is 12.9. The van der Waals surface area contributed by atoms with Gasteiger partial charge in [-0.25, -0.2) is 4.79 Å². The van der Waals surface area contributed by atoms with E-state index in [0.29, 0.717) is 16.3 Å². The Kier molecular flexibility index (Phi) is 4.85. The molecule has 2 aliphatic heterocycles. The van der Waals surface area contributed by atoms with E-state index < -0.39 is 35.5 Å². The molecule has 10 nitrogen and oxygen atoms in total. The van der Waals surface area contributed by atoms with E-state index in [0.717, 1.165) is 0 Å². The number of hydroxylamine groups is 2. The van der Waals surface area contributed by atoms with E-state index in [1.165, 1.54) is 11.8 Å². The van der Waals surface area contributed by atoms with Crippen LogP contribution in [0.1, 0.15) is 25.3 Å². The molecule has 2 heterocycles. The monoisotopic (exact) mass is 377 g/mol. The van der Waals surface area contributed by atoms with Crippen molar-refractivity contribution in [2.45, 2.75) is 38.1 Å². The second kappa shape index (κ2) is 6.97. The molecule has 0 radical (unpaired) electrons. The predicted octanol–water partition coefficient (Wildman–Crippen LogP) is -0.241. The maximum atomic E-state index is 12.9. The van der Waals surface area contributed by atoms with E-state index in [2.05, 4.69) is 0 Å². The summed E-state index contributed by atoms with van der Waals surface area (Å²) in [4.78, 5) is 55.0. The van der Waals surface area contributed by atoms with Gasteiger partial charge in [-0.1, -0.05) is 18.2 Å². The van der Waals surface area contributed by atoms with Gasteiger partial charge in [0.2, 0.25) is 5.91 Å². The number of aliphatic carboxylic acids is 1. The van der Waals surface area contributed by atoms with Gasteiger partial charge >= 0.3 is 17.7 Å². The molecule has 2 saturated heterocycles. The van der Waals surface area contributed by atoms with Gasteiger partial charge in [0, 0.05) is 25.6 Å². The highest BCUT2D eigenvalue weighted by molar-refractivity contribution is 6.02. The Morgan fingerprint density at radius 1 is 1.37 bits per heavy atom.